The second-order valence-corrected chi connectivity index (χ2v) is 5.34. The van der Waals surface area contributed by atoms with Crippen LogP contribution in [0.4, 0.5) is 14.5 Å². The van der Waals surface area contributed by atoms with Gasteiger partial charge in [-0.25, -0.2) is 8.78 Å². The number of hydrogen-bond donors (Lipinski definition) is 2. The lowest BCUT2D eigenvalue weighted by Gasteiger charge is -2.35. The van der Waals surface area contributed by atoms with Crippen molar-refractivity contribution in [1.29, 1.82) is 0 Å². The number of anilines is 1. The average Bonchev–Trinajstić information content (AvgIpc) is 2.32. The molecule has 0 saturated carbocycles. The van der Waals surface area contributed by atoms with Gasteiger partial charge in [0.05, 0.1) is 6.54 Å². The van der Waals surface area contributed by atoms with E-state index < -0.39 is 11.6 Å². The summed E-state index contributed by atoms with van der Waals surface area (Å²) < 4.78 is 25.8. The molecule has 2 N–H and O–H groups in total. The quantitative estimate of drug-likeness (QED) is 0.896. The number of carbonyl (C=O) groups is 1. The maximum Gasteiger partial charge on any atom is 0.238 e. The first-order chi connectivity index (χ1) is 9.44. The lowest BCUT2D eigenvalue weighted by Crippen LogP contribution is -2.55. The minimum Gasteiger partial charge on any atom is -0.325 e. The normalized spacial score (nSPS) is 22.5. The van der Waals surface area contributed by atoms with Crippen LogP contribution < -0.4 is 10.6 Å². The zero-order valence-corrected chi connectivity index (χ0v) is 12.8. The van der Waals surface area contributed by atoms with Crippen LogP contribution in [0.25, 0.3) is 0 Å². The van der Waals surface area contributed by atoms with Crippen molar-refractivity contribution in [3.8, 4) is 0 Å². The second-order valence-electron chi connectivity index (χ2n) is 5.34. The maximum atomic E-state index is 13.0. The summed E-state index contributed by atoms with van der Waals surface area (Å²) in [5.74, 6) is -2.11. The molecule has 118 valence electrons. The van der Waals surface area contributed by atoms with Gasteiger partial charge in [0, 0.05) is 36.9 Å². The van der Waals surface area contributed by atoms with E-state index in [1.54, 1.807) is 0 Å². The van der Waals surface area contributed by atoms with E-state index in [-0.39, 0.29) is 30.5 Å². The maximum absolute atomic E-state index is 13.0. The summed E-state index contributed by atoms with van der Waals surface area (Å²) in [4.78, 5) is 13.9. The summed E-state index contributed by atoms with van der Waals surface area (Å²) in [6, 6.07) is 3.99. The van der Waals surface area contributed by atoms with Gasteiger partial charge in [-0.15, -0.1) is 12.4 Å². The third kappa shape index (κ3) is 5.22. The van der Waals surface area contributed by atoms with Gasteiger partial charge in [-0.05, 0) is 26.0 Å². The number of hydrogen-bond acceptors (Lipinski definition) is 3. The van der Waals surface area contributed by atoms with E-state index in [9.17, 15) is 13.6 Å². The molecule has 0 radical (unpaired) electrons. The van der Waals surface area contributed by atoms with Crippen molar-refractivity contribution in [1.82, 2.24) is 10.2 Å². The van der Waals surface area contributed by atoms with E-state index in [0.29, 0.717) is 12.1 Å². The SMILES string of the molecule is CC1CN(CC(=O)Nc2ccc(F)c(F)c2)CC(C)N1.Cl. The predicted octanol–water partition coefficient (Wildman–Crippen LogP) is 2.01. The van der Waals surface area contributed by atoms with Crippen molar-refractivity contribution < 1.29 is 13.6 Å². The summed E-state index contributed by atoms with van der Waals surface area (Å²) in [5.41, 5.74) is 0.269. The molecule has 1 heterocycles. The number of benzene rings is 1. The molecule has 1 aromatic carbocycles. The number of halogens is 3. The van der Waals surface area contributed by atoms with Crippen LogP contribution in [0.15, 0.2) is 18.2 Å². The first-order valence-electron chi connectivity index (χ1n) is 6.67. The van der Waals surface area contributed by atoms with Crippen molar-refractivity contribution in [3.05, 3.63) is 29.8 Å². The van der Waals surface area contributed by atoms with Gasteiger partial charge in [0.25, 0.3) is 0 Å². The Morgan fingerprint density at radius 2 is 1.90 bits per heavy atom. The van der Waals surface area contributed by atoms with Crippen LogP contribution in [0.3, 0.4) is 0 Å². The molecule has 4 nitrogen and oxygen atoms in total. The molecule has 1 aliphatic rings. The van der Waals surface area contributed by atoms with E-state index in [4.69, 9.17) is 0 Å². The molecule has 2 rings (SSSR count). The Morgan fingerprint density at radius 3 is 2.48 bits per heavy atom. The van der Waals surface area contributed by atoms with Gasteiger partial charge >= 0.3 is 0 Å². The molecule has 0 aliphatic carbocycles. The molecule has 21 heavy (non-hydrogen) atoms. The van der Waals surface area contributed by atoms with E-state index >= 15 is 0 Å². The van der Waals surface area contributed by atoms with Crippen molar-refractivity contribution >= 4 is 24.0 Å². The minimum atomic E-state index is -0.966. The Kier molecular flexibility index (Phi) is 6.51. The Balaban J connectivity index is 0.00000220. The van der Waals surface area contributed by atoms with Crippen LogP contribution in [-0.2, 0) is 4.79 Å². The van der Waals surface area contributed by atoms with Crippen LogP contribution in [0.1, 0.15) is 13.8 Å². The van der Waals surface area contributed by atoms with Crippen LogP contribution in [0.2, 0.25) is 0 Å². The highest BCUT2D eigenvalue weighted by Crippen LogP contribution is 2.13. The predicted molar refractivity (Wildman–Crippen MR) is 80.7 cm³/mol. The van der Waals surface area contributed by atoms with Gasteiger partial charge in [-0.1, -0.05) is 0 Å². The van der Waals surface area contributed by atoms with E-state index in [1.807, 2.05) is 4.90 Å². The number of piperazine rings is 1. The fourth-order valence-corrected chi connectivity index (χ4v) is 2.55. The lowest BCUT2D eigenvalue weighted by molar-refractivity contribution is -0.117. The van der Waals surface area contributed by atoms with Crippen LogP contribution in [0.5, 0.6) is 0 Å². The van der Waals surface area contributed by atoms with Gasteiger partial charge in [0.1, 0.15) is 0 Å². The zero-order chi connectivity index (χ0) is 14.7. The lowest BCUT2D eigenvalue weighted by atomic mass is 10.1. The Morgan fingerprint density at radius 1 is 1.29 bits per heavy atom. The summed E-state index contributed by atoms with van der Waals surface area (Å²) in [6.45, 7) is 5.95. The Bertz CT molecular complexity index is 491. The van der Waals surface area contributed by atoms with Gasteiger partial charge in [0.15, 0.2) is 11.6 Å². The zero-order valence-electron chi connectivity index (χ0n) is 12.0. The first kappa shape index (κ1) is 17.8. The average molecular weight is 320 g/mol. The topological polar surface area (TPSA) is 44.4 Å². The summed E-state index contributed by atoms with van der Waals surface area (Å²) in [5, 5.41) is 5.96. The molecule has 1 saturated heterocycles. The van der Waals surface area contributed by atoms with Crippen LogP contribution in [0, 0.1) is 11.6 Å². The first-order valence-corrected chi connectivity index (χ1v) is 6.67. The van der Waals surface area contributed by atoms with Crippen molar-refractivity contribution in [3.63, 3.8) is 0 Å². The van der Waals surface area contributed by atoms with E-state index in [0.717, 1.165) is 25.2 Å². The minimum absolute atomic E-state index is 0. The van der Waals surface area contributed by atoms with Gasteiger partial charge < -0.3 is 10.6 Å². The molecular weight excluding hydrogens is 300 g/mol. The number of nitrogens with zero attached hydrogens (tertiary/aromatic N) is 1. The molecule has 0 aromatic heterocycles. The molecule has 1 amide bonds. The highest BCUT2D eigenvalue weighted by molar-refractivity contribution is 5.92. The van der Waals surface area contributed by atoms with Crippen molar-refractivity contribution in [2.24, 2.45) is 0 Å². The smallest absolute Gasteiger partial charge is 0.238 e. The molecule has 7 heteroatoms. The monoisotopic (exact) mass is 319 g/mol. The highest BCUT2D eigenvalue weighted by Gasteiger charge is 2.22. The fraction of sp³-hybridized carbons (Fsp3) is 0.500. The number of carbonyl (C=O) groups excluding carboxylic acids is 1. The molecule has 2 unspecified atom stereocenters. The van der Waals surface area contributed by atoms with Crippen LogP contribution >= 0.6 is 12.4 Å². The van der Waals surface area contributed by atoms with Crippen molar-refractivity contribution in [2.75, 3.05) is 25.0 Å². The molecule has 2 atom stereocenters. The van der Waals surface area contributed by atoms with Gasteiger partial charge in [-0.2, -0.15) is 0 Å². The molecule has 1 aliphatic heterocycles. The number of amides is 1. The second kappa shape index (κ2) is 7.68. The molecule has 0 spiro atoms. The molecule has 1 aromatic rings. The number of rotatable bonds is 3. The highest BCUT2D eigenvalue weighted by atomic mass is 35.5. The standard InChI is InChI=1S/C14H19F2N3O.ClH/c1-9-6-19(7-10(2)17-9)8-14(20)18-11-3-4-12(15)13(16)5-11;/h3-5,9-10,17H,6-8H2,1-2H3,(H,18,20);1H. The molecule has 1 fully saturated rings. The fourth-order valence-electron chi connectivity index (χ4n) is 2.55. The Labute approximate surface area is 129 Å². The van der Waals surface area contributed by atoms with E-state index in [2.05, 4.69) is 24.5 Å². The largest absolute Gasteiger partial charge is 0.325 e. The third-order valence-electron chi connectivity index (χ3n) is 3.20. The van der Waals surface area contributed by atoms with Gasteiger partial charge in [0.2, 0.25) is 5.91 Å². The Hall–Kier alpha value is -1.24. The molecule has 0 bridgehead atoms. The number of nitrogens with one attached hydrogen (secondary N) is 2. The molecular formula is C14H20ClF2N3O. The van der Waals surface area contributed by atoms with Crippen LogP contribution in [-0.4, -0.2) is 42.5 Å². The van der Waals surface area contributed by atoms with E-state index in [1.165, 1.54) is 6.07 Å². The van der Waals surface area contributed by atoms with Gasteiger partial charge in [-0.3, -0.25) is 9.69 Å². The summed E-state index contributed by atoms with van der Waals surface area (Å²) in [7, 11) is 0. The van der Waals surface area contributed by atoms with Crippen molar-refractivity contribution in [2.45, 2.75) is 25.9 Å². The summed E-state index contributed by atoms with van der Waals surface area (Å²) >= 11 is 0. The third-order valence-corrected chi connectivity index (χ3v) is 3.20. The summed E-state index contributed by atoms with van der Waals surface area (Å²) in [6.07, 6.45) is 0.